The van der Waals surface area contributed by atoms with Crippen LogP contribution in [0.1, 0.15) is 40.0 Å². The van der Waals surface area contributed by atoms with Crippen molar-refractivity contribution in [2.24, 2.45) is 0 Å². The average Bonchev–Trinajstić information content (AvgIpc) is 2.24. The van der Waals surface area contributed by atoms with Crippen LogP contribution in [0, 0.1) is 0 Å². The molecule has 0 aromatic carbocycles. The van der Waals surface area contributed by atoms with Crippen LogP contribution in [-0.2, 0) is 9.47 Å². The van der Waals surface area contributed by atoms with E-state index in [1.807, 2.05) is 14.0 Å². The van der Waals surface area contributed by atoms with E-state index < -0.39 is 0 Å². The summed E-state index contributed by atoms with van der Waals surface area (Å²) in [5.41, 5.74) is 0. The zero-order valence-corrected chi connectivity index (χ0v) is 10.7. The van der Waals surface area contributed by atoms with Gasteiger partial charge in [-0.1, -0.05) is 20.3 Å². The van der Waals surface area contributed by atoms with Crippen molar-refractivity contribution in [3.63, 3.8) is 0 Å². The molecule has 0 amide bonds. The van der Waals surface area contributed by atoms with Crippen LogP contribution in [0.2, 0.25) is 0 Å². The van der Waals surface area contributed by atoms with Gasteiger partial charge in [-0.05, 0) is 26.8 Å². The lowest BCUT2D eigenvalue weighted by Crippen LogP contribution is -2.43. The molecule has 0 saturated carbocycles. The van der Waals surface area contributed by atoms with Gasteiger partial charge in [0.1, 0.15) is 0 Å². The van der Waals surface area contributed by atoms with Crippen LogP contribution in [0.15, 0.2) is 0 Å². The molecule has 0 aromatic heterocycles. The zero-order valence-electron chi connectivity index (χ0n) is 10.7. The molecule has 0 aliphatic rings. The van der Waals surface area contributed by atoms with Gasteiger partial charge in [0.05, 0.1) is 18.8 Å². The lowest BCUT2D eigenvalue weighted by atomic mass is 10.1. The molecule has 0 radical (unpaired) electrons. The normalized spacial score (nSPS) is 15.2. The number of hydrogen-bond acceptors (Lipinski definition) is 3. The van der Waals surface area contributed by atoms with Gasteiger partial charge in [0, 0.05) is 13.2 Å². The van der Waals surface area contributed by atoms with E-state index in [1.165, 1.54) is 0 Å². The van der Waals surface area contributed by atoms with Crippen molar-refractivity contribution in [1.82, 2.24) is 5.32 Å². The Balaban J connectivity index is 3.93. The lowest BCUT2D eigenvalue weighted by Gasteiger charge is -2.26. The van der Waals surface area contributed by atoms with Crippen molar-refractivity contribution in [2.75, 3.05) is 26.9 Å². The Morgan fingerprint density at radius 2 is 1.87 bits per heavy atom. The van der Waals surface area contributed by atoms with Crippen LogP contribution >= 0.6 is 0 Å². The van der Waals surface area contributed by atoms with E-state index in [2.05, 4.69) is 19.2 Å². The van der Waals surface area contributed by atoms with E-state index in [9.17, 15) is 0 Å². The molecule has 92 valence electrons. The topological polar surface area (TPSA) is 30.5 Å². The summed E-state index contributed by atoms with van der Waals surface area (Å²) in [4.78, 5) is 0. The van der Waals surface area contributed by atoms with Gasteiger partial charge < -0.3 is 14.8 Å². The summed E-state index contributed by atoms with van der Waals surface area (Å²) in [6, 6.07) is 0.316. The first kappa shape index (κ1) is 14.9. The van der Waals surface area contributed by atoms with Crippen LogP contribution in [0.25, 0.3) is 0 Å². The third-order valence-corrected chi connectivity index (χ3v) is 2.42. The minimum Gasteiger partial charge on any atom is -0.380 e. The van der Waals surface area contributed by atoms with Crippen LogP contribution in [-0.4, -0.2) is 39.0 Å². The standard InChI is InChI=1S/C12H27NO2/c1-5-8-12(15-7-3)11(13-4)10-14-9-6-2/h11-13H,5-10H2,1-4H3. The zero-order chi connectivity index (χ0) is 11.5. The van der Waals surface area contributed by atoms with Gasteiger partial charge in [-0.3, -0.25) is 0 Å². The van der Waals surface area contributed by atoms with Crippen molar-refractivity contribution in [3.05, 3.63) is 0 Å². The molecule has 0 aliphatic carbocycles. The van der Waals surface area contributed by atoms with E-state index in [4.69, 9.17) is 9.47 Å². The summed E-state index contributed by atoms with van der Waals surface area (Å²) in [6.45, 7) is 8.71. The van der Waals surface area contributed by atoms with Crippen LogP contribution in [0.3, 0.4) is 0 Å². The molecule has 0 fully saturated rings. The molecule has 2 unspecified atom stereocenters. The van der Waals surface area contributed by atoms with Crippen LogP contribution in [0.5, 0.6) is 0 Å². The van der Waals surface area contributed by atoms with Crippen LogP contribution in [0.4, 0.5) is 0 Å². The second-order valence-electron chi connectivity index (χ2n) is 3.75. The van der Waals surface area contributed by atoms with E-state index in [1.54, 1.807) is 0 Å². The molecule has 1 N–H and O–H groups in total. The lowest BCUT2D eigenvalue weighted by molar-refractivity contribution is -0.00195. The fourth-order valence-corrected chi connectivity index (χ4v) is 1.63. The average molecular weight is 217 g/mol. The van der Waals surface area contributed by atoms with Gasteiger partial charge in [0.15, 0.2) is 0 Å². The second-order valence-corrected chi connectivity index (χ2v) is 3.75. The molecule has 3 heteroatoms. The SMILES string of the molecule is CCCOCC(NC)C(CCC)OCC. The molecule has 0 aromatic rings. The molecule has 15 heavy (non-hydrogen) atoms. The van der Waals surface area contributed by atoms with Crippen molar-refractivity contribution in [1.29, 1.82) is 0 Å². The highest BCUT2D eigenvalue weighted by molar-refractivity contribution is 4.75. The molecule has 3 nitrogen and oxygen atoms in total. The van der Waals surface area contributed by atoms with Crippen molar-refractivity contribution in [3.8, 4) is 0 Å². The number of hydrogen-bond donors (Lipinski definition) is 1. The monoisotopic (exact) mass is 217 g/mol. The van der Waals surface area contributed by atoms with E-state index in [0.29, 0.717) is 6.04 Å². The van der Waals surface area contributed by atoms with Crippen molar-refractivity contribution >= 4 is 0 Å². The molecule has 0 saturated heterocycles. The predicted octanol–water partition coefficient (Wildman–Crippen LogP) is 2.21. The Morgan fingerprint density at radius 1 is 1.13 bits per heavy atom. The quantitative estimate of drug-likeness (QED) is 0.569. The molecule has 0 aliphatic heterocycles. The first-order chi connectivity index (χ1) is 7.29. The van der Waals surface area contributed by atoms with E-state index in [0.717, 1.165) is 39.1 Å². The molecule has 0 spiro atoms. The predicted molar refractivity (Wildman–Crippen MR) is 64.3 cm³/mol. The van der Waals surface area contributed by atoms with Gasteiger partial charge in [0.25, 0.3) is 0 Å². The second kappa shape index (κ2) is 10.4. The number of likely N-dealkylation sites (N-methyl/N-ethyl adjacent to an activating group) is 1. The molecule has 2 atom stereocenters. The largest absolute Gasteiger partial charge is 0.380 e. The van der Waals surface area contributed by atoms with Crippen LogP contribution < -0.4 is 5.32 Å². The van der Waals surface area contributed by atoms with Gasteiger partial charge in [-0.15, -0.1) is 0 Å². The molecule has 0 heterocycles. The highest BCUT2D eigenvalue weighted by Crippen LogP contribution is 2.08. The minimum absolute atomic E-state index is 0.279. The Labute approximate surface area is 94.5 Å². The number of ether oxygens (including phenoxy) is 2. The Bertz CT molecular complexity index is 125. The van der Waals surface area contributed by atoms with E-state index in [-0.39, 0.29) is 6.10 Å². The third kappa shape index (κ3) is 6.88. The van der Waals surface area contributed by atoms with Gasteiger partial charge >= 0.3 is 0 Å². The molecular formula is C12H27NO2. The molecule has 0 bridgehead atoms. The highest BCUT2D eigenvalue weighted by atomic mass is 16.5. The van der Waals surface area contributed by atoms with Gasteiger partial charge in [0.2, 0.25) is 0 Å². The van der Waals surface area contributed by atoms with Gasteiger partial charge in [-0.2, -0.15) is 0 Å². The smallest absolute Gasteiger partial charge is 0.0750 e. The fourth-order valence-electron chi connectivity index (χ4n) is 1.63. The maximum Gasteiger partial charge on any atom is 0.0750 e. The summed E-state index contributed by atoms with van der Waals surface area (Å²) in [6.07, 6.45) is 3.59. The maximum atomic E-state index is 5.72. The summed E-state index contributed by atoms with van der Waals surface area (Å²) in [5.74, 6) is 0. The summed E-state index contributed by atoms with van der Waals surface area (Å²) in [7, 11) is 1.97. The number of nitrogens with one attached hydrogen (secondary N) is 1. The number of rotatable bonds is 10. The highest BCUT2D eigenvalue weighted by Gasteiger charge is 2.19. The third-order valence-electron chi connectivity index (χ3n) is 2.42. The Hall–Kier alpha value is -0.120. The first-order valence-corrected chi connectivity index (χ1v) is 6.16. The molecular weight excluding hydrogens is 190 g/mol. The minimum atomic E-state index is 0.279. The van der Waals surface area contributed by atoms with Crippen molar-refractivity contribution in [2.45, 2.75) is 52.2 Å². The van der Waals surface area contributed by atoms with E-state index >= 15 is 0 Å². The Morgan fingerprint density at radius 3 is 2.33 bits per heavy atom. The summed E-state index contributed by atoms with van der Waals surface area (Å²) in [5, 5.41) is 3.28. The first-order valence-electron chi connectivity index (χ1n) is 6.16. The van der Waals surface area contributed by atoms with Gasteiger partial charge in [-0.25, -0.2) is 0 Å². The fraction of sp³-hybridized carbons (Fsp3) is 1.00. The maximum absolute atomic E-state index is 5.72. The van der Waals surface area contributed by atoms with Crippen molar-refractivity contribution < 1.29 is 9.47 Å². The summed E-state index contributed by atoms with van der Waals surface area (Å²) >= 11 is 0. The molecule has 0 rings (SSSR count). The Kier molecular flexibility index (Phi) is 10.3. The summed E-state index contributed by atoms with van der Waals surface area (Å²) < 4.78 is 11.3.